The number of hydrogen-bond donors (Lipinski definition) is 1. The Morgan fingerprint density at radius 3 is 2.79 bits per heavy atom. The second kappa shape index (κ2) is 5.62. The summed E-state index contributed by atoms with van der Waals surface area (Å²) in [6.07, 6.45) is 0. The highest BCUT2D eigenvalue weighted by Crippen LogP contribution is 2.19. The van der Waals surface area contributed by atoms with E-state index in [4.69, 9.17) is 14.6 Å². The van der Waals surface area contributed by atoms with Crippen LogP contribution in [0.3, 0.4) is 0 Å². The predicted octanol–water partition coefficient (Wildman–Crippen LogP) is 1.86. The van der Waals surface area contributed by atoms with Crippen molar-refractivity contribution in [2.75, 3.05) is 13.4 Å². The first kappa shape index (κ1) is 11.0. The highest BCUT2D eigenvalue weighted by molar-refractivity contribution is 5.36. The lowest BCUT2D eigenvalue weighted by Crippen LogP contribution is -2.03. The third kappa shape index (κ3) is 3.01. The van der Waals surface area contributed by atoms with Gasteiger partial charge in [0, 0.05) is 6.61 Å². The highest BCUT2D eigenvalue weighted by Gasteiger charge is 2.00. The standard InChI is InChI=1S/C11H16O3/c1-3-13-8-14-11-6-10(7-12)5-4-9(11)2/h4-6,12H,3,7-8H2,1-2H3. The first-order valence-corrected chi connectivity index (χ1v) is 4.69. The first-order valence-electron chi connectivity index (χ1n) is 4.69. The Balaban J connectivity index is 2.64. The van der Waals surface area contributed by atoms with Crippen molar-refractivity contribution < 1.29 is 14.6 Å². The quantitative estimate of drug-likeness (QED) is 0.577. The fourth-order valence-corrected chi connectivity index (χ4v) is 1.09. The van der Waals surface area contributed by atoms with E-state index in [2.05, 4.69) is 0 Å². The van der Waals surface area contributed by atoms with Crippen LogP contribution >= 0.6 is 0 Å². The number of aliphatic hydroxyl groups excluding tert-OH is 1. The van der Waals surface area contributed by atoms with Crippen LogP contribution < -0.4 is 4.74 Å². The normalized spacial score (nSPS) is 10.2. The third-order valence-electron chi connectivity index (χ3n) is 1.94. The van der Waals surface area contributed by atoms with Crippen LogP contribution in [0.25, 0.3) is 0 Å². The molecule has 1 aromatic rings. The van der Waals surface area contributed by atoms with Gasteiger partial charge in [0.1, 0.15) is 5.75 Å². The summed E-state index contributed by atoms with van der Waals surface area (Å²) in [5.74, 6) is 0.769. The maximum Gasteiger partial charge on any atom is 0.189 e. The molecule has 0 heterocycles. The minimum Gasteiger partial charge on any atom is -0.467 e. The fourth-order valence-electron chi connectivity index (χ4n) is 1.09. The zero-order valence-electron chi connectivity index (χ0n) is 8.62. The molecule has 1 N–H and O–H groups in total. The van der Waals surface area contributed by atoms with E-state index >= 15 is 0 Å². The summed E-state index contributed by atoms with van der Waals surface area (Å²) >= 11 is 0. The van der Waals surface area contributed by atoms with Crippen molar-refractivity contribution in [1.82, 2.24) is 0 Å². The summed E-state index contributed by atoms with van der Waals surface area (Å²) in [7, 11) is 0. The molecule has 78 valence electrons. The predicted molar refractivity (Wildman–Crippen MR) is 54.2 cm³/mol. The number of hydrogen-bond acceptors (Lipinski definition) is 3. The van der Waals surface area contributed by atoms with Gasteiger partial charge in [-0.25, -0.2) is 0 Å². The summed E-state index contributed by atoms with van der Waals surface area (Å²) in [5.41, 5.74) is 1.89. The second-order valence-corrected chi connectivity index (χ2v) is 3.01. The molecule has 0 spiro atoms. The molecule has 0 aliphatic heterocycles. The molecular weight excluding hydrogens is 180 g/mol. The van der Waals surface area contributed by atoms with E-state index in [0.717, 1.165) is 16.9 Å². The molecule has 0 aromatic heterocycles. The van der Waals surface area contributed by atoms with Crippen LogP contribution in [0, 0.1) is 6.92 Å². The van der Waals surface area contributed by atoms with E-state index in [1.165, 1.54) is 0 Å². The van der Waals surface area contributed by atoms with E-state index < -0.39 is 0 Å². The number of benzene rings is 1. The molecule has 3 heteroatoms. The molecule has 0 amide bonds. The van der Waals surface area contributed by atoms with Gasteiger partial charge in [0.2, 0.25) is 0 Å². The lowest BCUT2D eigenvalue weighted by Gasteiger charge is -2.09. The maximum absolute atomic E-state index is 8.94. The van der Waals surface area contributed by atoms with E-state index in [1.54, 1.807) is 0 Å². The Labute approximate surface area is 84.3 Å². The van der Waals surface area contributed by atoms with Crippen molar-refractivity contribution in [3.63, 3.8) is 0 Å². The molecule has 1 aromatic carbocycles. The van der Waals surface area contributed by atoms with Crippen molar-refractivity contribution in [3.05, 3.63) is 29.3 Å². The van der Waals surface area contributed by atoms with E-state index in [9.17, 15) is 0 Å². The van der Waals surface area contributed by atoms with Gasteiger partial charge in [0.25, 0.3) is 0 Å². The zero-order valence-corrected chi connectivity index (χ0v) is 8.62. The number of aryl methyl sites for hydroxylation is 1. The molecule has 0 aliphatic carbocycles. The molecule has 0 atom stereocenters. The minimum absolute atomic E-state index is 0.0330. The van der Waals surface area contributed by atoms with Crippen molar-refractivity contribution in [2.24, 2.45) is 0 Å². The van der Waals surface area contributed by atoms with E-state index in [-0.39, 0.29) is 13.4 Å². The Kier molecular flexibility index (Phi) is 4.43. The Morgan fingerprint density at radius 2 is 2.14 bits per heavy atom. The van der Waals surface area contributed by atoms with Gasteiger partial charge in [-0.05, 0) is 31.0 Å². The van der Waals surface area contributed by atoms with Gasteiger partial charge in [-0.1, -0.05) is 12.1 Å². The van der Waals surface area contributed by atoms with Crippen LogP contribution in [0.2, 0.25) is 0 Å². The van der Waals surface area contributed by atoms with Crippen molar-refractivity contribution >= 4 is 0 Å². The van der Waals surface area contributed by atoms with E-state index in [1.807, 2.05) is 32.0 Å². The average Bonchev–Trinajstić information content (AvgIpc) is 2.21. The van der Waals surface area contributed by atoms with Gasteiger partial charge in [-0.2, -0.15) is 0 Å². The summed E-state index contributed by atoms with van der Waals surface area (Å²) in [5, 5.41) is 8.94. The molecule has 0 radical (unpaired) electrons. The van der Waals surface area contributed by atoms with Crippen LogP contribution in [0.5, 0.6) is 5.75 Å². The Bertz CT molecular complexity index is 284. The largest absolute Gasteiger partial charge is 0.467 e. The van der Waals surface area contributed by atoms with Crippen LogP contribution in [0.15, 0.2) is 18.2 Å². The van der Waals surface area contributed by atoms with Crippen LogP contribution in [0.1, 0.15) is 18.1 Å². The summed E-state index contributed by atoms with van der Waals surface area (Å²) < 4.78 is 10.5. The topological polar surface area (TPSA) is 38.7 Å². The lowest BCUT2D eigenvalue weighted by molar-refractivity contribution is 0.0219. The summed E-state index contributed by atoms with van der Waals surface area (Å²) in [6.45, 7) is 4.80. The maximum atomic E-state index is 8.94. The molecule has 0 aliphatic rings. The second-order valence-electron chi connectivity index (χ2n) is 3.01. The van der Waals surface area contributed by atoms with Crippen molar-refractivity contribution in [2.45, 2.75) is 20.5 Å². The van der Waals surface area contributed by atoms with Crippen molar-refractivity contribution in [3.8, 4) is 5.75 Å². The average molecular weight is 196 g/mol. The van der Waals surface area contributed by atoms with Gasteiger partial charge in [-0.15, -0.1) is 0 Å². The molecule has 0 unspecified atom stereocenters. The van der Waals surface area contributed by atoms with Crippen LogP contribution in [0.4, 0.5) is 0 Å². The summed E-state index contributed by atoms with van der Waals surface area (Å²) in [4.78, 5) is 0. The summed E-state index contributed by atoms with van der Waals surface area (Å²) in [6, 6.07) is 5.63. The highest BCUT2D eigenvalue weighted by atomic mass is 16.7. The zero-order chi connectivity index (χ0) is 10.4. The Hall–Kier alpha value is -1.06. The monoisotopic (exact) mass is 196 g/mol. The lowest BCUT2D eigenvalue weighted by atomic mass is 10.1. The third-order valence-corrected chi connectivity index (χ3v) is 1.94. The Morgan fingerprint density at radius 1 is 1.36 bits per heavy atom. The molecule has 0 saturated heterocycles. The number of ether oxygens (including phenoxy) is 2. The smallest absolute Gasteiger partial charge is 0.189 e. The first-order chi connectivity index (χ1) is 6.77. The van der Waals surface area contributed by atoms with Gasteiger partial charge < -0.3 is 14.6 Å². The van der Waals surface area contributed by atoms with Gasteiger partial charge in [-0.3, -0.25) is 0 Å². The van der Waals surface area contributed by atoms with E-state index in [0.29, 0.717) is 6.61 Å². The van der Waals surface area contributed by atoms with Crippen LogP contribution in [-0.4, -0.2) is 18.5 Å². The molecule has 14 heavy (non-hydrogen) atoms. The molecule has 0 saturated carbocycles. The van der Waals surface area contributed by atoms with Gasteiger partial charge >= 0.3 is 0 Å². The minimum atomic E-state index is 0.0330. The molecular formula is C11H16O3. The van der Waals surface area contributed by atoms with Crippen LogP contribution in [-0.2, 0) is 11.3 Å². The molecule has 0 fully saturated rings. The number of aliphatic hydroxyl groups is 1. The molecule has 3 nitrogen and oxygen atoms in total. The van der Waals surface area contributed by atoms with Crippen molar-refractivity contribution in [1.29, 1.82) is 0 Å². The fraction of sp³-hybridized carbons (Fsp3) is 0.455. The van der Waals surface area contributed by atoms with Gasteiger partial charge in [0.05, 0.1) is 6.61 Å². The van der Waals surface area contributed by atoms with Gasteiger partial charge in [0.15, 0.2) is 6.79 Å². The SMILES string of the molecule is CCOCOc1cc(CO)ccc1C. The molecule has 1 rings (SSSR count). The number of rotatable bonds is 5. The molecule has 0 bridgehead atoms.